The smallest absolute Gasteiger partial charge is 0.221 e. The molecule has 2 aromatic rings. The van der Waals surface area contributed by atoms with Crippen LogP contribution >= 0.6 is 11.3 Å². The number of allylic oxidation sites excluding steroid dienone is 2. The second kappa shape index (κ2) is 5.13. The van der Waals surface area contributed by atoms with Crippen molar-refractivity contribution in [2.24, 2.45) is 0 Å². The number of rotatable bonds is 4. The minimum Gasteiger partial charge on any atom is -0.292 e. The molecule has 0 radical (unpaired) electrons. The normalized spacial score (nSPS) is 12.9. The highest BCUT2D eigenvalue weighted by Gasteiger charge is 2.23. The van der Waals surface area contributed by atoms with Gasteiger partial charge in [0.05, 0.1) is 0 Å². The number of aromatic nitrogens is 1. The van der Waals surface area contributed by atoms with E-state index in [0.29, 0.717) is 22.7 Å². The van der Waals surface area contributed by atoms with Crippen LogP contribution < -0.4 is 0 Å². The van der Waals surface area contributed by atoms with Gasteiger partial charge in [0.2, 0.25) is 5.78 Å². The van der Waals surface area contributed by atoms with Crippen molar-refractivity contribution < 1.29 is 9.59 Å². The number of fused-ring (bicyclic) bond motifs is 1. The van der Waals surface area contributed by atoms with Gasteiger partial charge in [0.1, 0.15) is 5.69 Å². The number of benzene rings is 1. The lowest BCUT2D eigenvalue weighted by molar-refractivity contribution is 0.0984. The summed E-state index contributed by atoms with van der Waals surface area (Å²) < 4.78 is 0. The predicted molar refractivity (Wildman–Crippen MR) is 79.2 cm³/mol. The number of Topliss-reactive ketones (excluding diaryl/α,β-unsaturated/α-hetero) is 2. The van der Waals surface area contributed by atoms with Crippen LogP contribution in [0.1, 0.15) is 44.8 Å². The van der Waals surface area contributed by atoms with Gasteiger partial charge in [-0.05, 0) is 17.5 Å². The van der Waals surface area contributed by atoms with E-state index in [-0.39, 0.29) is 11.6 Å². The summed E-state index contributed by atoms with van der Waals surface area (Å²) in [7, 11) is 0. The maximum absolute atomic E-state index is 12.5. The van der Waals surface area contributed by atoms with Crippen molar-refractivity contribution in [3.63, 3.8) is 0 Å². The lowest BCUT2D eigenvalue weighted by atomic mass is 10.0. The summed E-state index contributed by atoms with van der Waals surface area (Å²) in [5.41, 5.74) is 3.24. The van der Waals surface area contributed by atoms with Crippen molar-refractivity contribution in [3.8, 4) is 0 Å². The van der Waals surface area contributed by atoms with Crippen molar-refractivity contribution >= 4 is 28.5 Å². The van der Waals surface area contributed by atoms with Crippen LogP contribution in [0, 0.1) is 0 Å². The first-order valence-electron chi connectivity index (χ1n) is 6.52. The maximum Gasteiger partial charge on any atom is 0.221 e. The number of hydrogen-bond donors (Lipinski definition) is 0. The van der Waals surface area contributed by atoms with E-state index in [4.69, 9.17) is 0 Å². The van der Waals surface area contributed by atoms with Gasteiger partial charge >= 0.3 is 0 Å². The lowest BCUT2D eigenvalue weighted by Gasteiger charge is -2.02. The molecule has 0 saturated heterocycles. The van der Waals surface area contributed by atoms with E-state index < -0.39 is 0 Å². The number of ketones is 2. The van der Waals surface area contributed by atoms with Gasteiger partial charge in [0.15, 0.2) is 10.8 Å². The quantitative estimate of drug-likeness (QED) is 0.806. The molecule has 3 rings (SSSR count). The van der Waals surface area contributed by atoms with Gasteiger partial charge in [-0.25, -0.2) is 4.98 Å². The molecule has 0 unspecified atom stereocenters. The largest absolute Gasteiger partial charge is 0.292 e. The Kier molecular flexibility index (Phi) is 3.32. The first kappa shape index (κ1) is 12.9. The van der Waals surface area contributed by atoms with E-state index in [1.807, 2.05) is 30.3 Å². The Morgan fingerprint density at radius 2 is 2.10 bits per heavy atom. The molecule has 1 aliphatic carbocycles. The topological polar surface area (TPSA) is 47.0 Å². The number of carbonyl (C=O) groups is 2. The molecule has 0 spiro atoms. The van der Waals surface area contributed by atoms with Crippen molar-refractivity contribution in [2.45, 2.75) is 19.8 Å². The zero-order chi connectivity index (χ0) is 14.1. The minimum absolute atomic E-state index is 0.0268. The zero-order valence-electron chi connectivity index (χ0n) is 11.1. The first-order chi connectivity index (χ1) is 9.70. The monoisotopic (exact) mass is 283 g/mol. The third-order valence-corrected chi connectivity index (χ3v) is 4.22. The molecule has 1 aromatic heterocycles. The van der Waals surface area contributed by atoms with Gasteiger partial charge < -0.3 is 0 Å². The van der Waals surface area contributed by atoms with E-state index in [9.17, 15) is 9.59 Å². The maximum atomic E-state index is 12.5. The second-order valence-corrected chi connectivity index (χ2v) is 5.48. The summed E-state index contributed by atoms with van der Waals surface area (Å²) in [5.74, 6) is -0.115. The Morgan fingerprint density at radius 1 is 1.30 bits per heavy atom. The molecule has 0 aliphatic heterocycles. The first-order valence-corrected chi connectivity index (χ1v) is 7.40. The number of nitrogens with zero attached hydrogens (tertiary/aromatic N) is 1. The van der Waals surface area contributed by atoms with Gasteiger partial charge in [-0.3, -0.25) is 9.59 Å². The van der Waals surface area contributed by atoms with E-state index in [0.717, 1.165) is 17.5 Å². The molecule has 4 heteroatoms. The Balaban J connectivity index is 1.91. The van der Waals surface area contributed by atoms with E-state index in [1.165, 1.54) is 11.3 Å². The summed E-state index contributed by atoms with van der Waals surface area (Å²) in [4.78, 5) is 28.3. The van der Waals surface area contributed by atoms with Gasteiger partial charge in [0, 0.05) is 17.4 Å². The van der Waals surface area contributed by atoms with Gasteiger partial charge in [-0.15, -0.1) is 11.3 Å². The fourth-order valence-electron chi connectivity index (χ4n) is 2.30. The molecule has 1 aromatic carbocycles. The molecule has 0 saturated carbocycles. The third kappa shape index (κ3) is 2.12. The number of hydrogen-bond acceptors (Lipinski definition) is 4. The van der Waals surface area contributed by atoms with Crippen LogP contribution in [0.2, 0.25) is 0 Å². The van der Waals surface area contributed by atoms with Crippen molar-refractivity contribution in [3.05, 3.63) is 57.6 Å². The Labute approximate surface area is 121 Å². The SMILES string of the molecule is CCC(=O)c1csc(C(=O)C2=CCc3ccccc32)n1. The van der Waals surface area contributed by atoms with Crippen LogP contribution in [0.15, 0.2) is 35.7 Å². The summed E-state index contributed by atoms with van der Waals surface area (Å²) in [6.07, 6.45) is 3.13. The van der Waals surface area contributed by atoms with Crippen LogP contribution in [0.4, 0.5) is 0 Å². The van der Waals surface area contributed by atoms with E-state index >= 15 is 0 Å². The number of thiazole rings is 1. The molecule has 100 valence electrons. The van der Waals surface area contributed by atoms with Crippen molar-refractivity contribution in [1.82, 2.24) is 4.98 Å². The molecule has 3 nitrogen and oxygen atoms in total. The minimum atomic E-state index is -0.0879. The van der Waals surface area contributed by atoms with Crippen LogP contribution in [-0.2, 0) is 6.42 Å². The summed E-state index contributed by atoms with van der Waals surface area (Å²) in [5, 5.41) is 2.06. The Hall–Kier alpha value is -2.07. The third-order valence-electron chi connectivity index (χ3n) is 3.38. The number of carbonyl (C=O) groups excluding carboxylic acids is 2. The summed E-state index contributed by atoms with van der Waals surface area (Å²) in [6, 6.07) is 7.89. The molecule has 0 N–H and O–H groups in total. The highest BCUT2D eigenvalue weighted by Crippen LogP contribution is 2.30. The molecule has 0 fully saturated rings. The van der Waals surface area contributed by atoms with E-state index in [2.05, 4.69) is 4.98 Å². The molecule has 0 amide bonds. The molecule has 1 aliphatic rings. The van der Waals surface area contributed by atoms with Crippen LogP contribution in [0.3, 0.4) is 0 Å². The molecule has 0 bridgehead atoms. The molecule has 0 atom stereocenters. The van der Waals surface area contributed by atoms with Crippen molar-refractivity contribution in [1.29, 1.82) is 0 Å². The average molecular weight is 283 g/mol. The van der Waals surface area contributed by atoms with Crippen molar-refractivity contribution in [2.75, 3.05) is 0 Å². The predicted octanol–water partition coefficient (Wildman–Crippen LogP) is 3.56. The summed E-state index contributed by atoms with van der Waals surface area (Å²) in [6.45, 7) is 1.79. The lowest BCUT2D eigenvalue weighted by Crippen LogP contribution is -2.03. The molecule has 1 heterocycles. The second-order valence-electron chi connectivity index (χ2n) is 4.62. The fourth-order valence-corrected chi connectivity index (χ4v) is 3.08. The van der Waals surface area contributed by atoms with E-state index in [1.54, 1.807) is 12.3 Å². The Bertz CT molecular complexity index is 728. The van der Waals surface area contributed by atoms with Gasteiger partial charge in [0.25, 0.3) is 0 Å². The van der Waals surface area contributed by atoms with Crippen LogP contribution in [0.25, 0.3) is 5.57 Å². The molecule has 20 heavy (non-hydrogen) atoms. The zero-order valence-corrected chi connectivity index (χ0v) is 11.9. The highest BCUT2D eigenvalue weighted by molar-refractivity contribution is 7.12. The molecular formula is C16H13NO2S. The van der Waals surface area contributed by atoms with Gasteiger partial charge in [-0.1, -0.05) is 37.3 Å². The summed E-state index contributed by atoms with van der Waals surface area (Å²) >= 11 is 1.24. The fraction of sp³-hybridized carbons (Fsp3) is 0.188. The van der Waals surface area contributed by atoms with Crippen LogP contribution in [-0.4, -0.2) is 16.6 Å². The standard InChI is InChI=1S/C16H13NO2S/c1-2-14(18)13-9-20-16(17-13)15(19)12-8-7-10-5-3-4-6-11(10)12/h3-6,8-9H,2,7H2,1H3. The highest BCUT2D eigenvalue weighted by atomic mass is 32.1. The van der Waals surface area contributed by atoms with Gasteiger partial charge in [-0.2, -0.15) is 0 Å². The average Bonchev–Trinajstić information content (AvgIpc) is 3.12. The molecular weight excluding hydrogens is 270 g/mol. The van der Waals surface area contributed by atoms with Crippen LogP contribution in [0.5, 0.6) is 0 Å². The Morgan fingerprint density at radius 3 is 2.90 bits per heavy atom.